The molecule has 0 aliphatic carbocycles. The molecule has 74 valence electrons. The number of carbonyl (C=O) groups excluding carboxylic acids is 2. The monoisotopic (exact) mass is 184 g/mol. The lowest BCUT2D eigenvalue weighted by Crippen LogP contribution is -2.27. The summed E-state index contributed by atoms with van der Waals surface area (Å²) in [5, 5.41) is 0. The summed E-state index contributed by atoms with van der Waals surface area (Å²) < 4.78 is 4.98. The van der Waals surface area contributed by atoms with Crippen LogP contribution in [0.1, 0.15) is 27.7 Å². The molecule has 0 aliphatic heterocycles. The van der Waals surface area contributed by atoms with E-state index in [1.165, 1.54) is 13.8 Å². The number of rotatable bonds is 4. The molecule has 0 saturated heterocycles. The standard InChI is InChI=1S/C10H16O3/c1-6(2)10(13-9(5)12)7(3)8(4)11/h6,10H,3H2,1-2,4-5H3/t10-/m1/s1. The summed E-state index contributed by atoms with van der Waals surface area (Å²) >= 11 is 0. The first kappa shape index (κ1) is 11.9. The summed E-state index contributed by atoms with van der Waals surface area (Å²) in [7, 11) is 0. The first-order valence-electron chi connectivity index (χ1n) is 4.23. The molecular weight excluding hydrogens is 168 g/mol. The Morgan fingerprint density at radius 3 is 1.92 bits per heavy atom. The first-order valence-corrected chi connectivity index (χ1v) is 4.23. The Morgan fingerprint density at radius 1 is 1.23 bits per heavy atom. The fourth-order valence-electron chi connectivity index (χ4n) is 0.989. The van der Waals surface area contributed by atoms with Gasteiger partial charge in [0.25, 0.3) is 0 Å². The van der Waals surface area contributed by atoms with Crippen LogP contribution < -0.4 is 0 Å². The van der Waals surface area contributed by atoms with Gasteiger partial charge in [-0.2, -0.15) is 0 Å². The summed E-state index contributed by atoms with van der Waals surface area (Å²) in [5.41, 5.74) is 0.352. The van der Waals surface area contributed by atoms with Crippen LogP contribution in [-0.2, 0) is 14.3 Å². The van der Waals surface area contributed by atoms with Gasteiger partial charge in [0.1, 0.15) is 6.10 Å². The number of carbonyl (C=O) groups is 2. The number of ketones is 1. The number of Topliss-reactive ketones (excluding diaryl/α,β-unsaturated/α-hetero) is 1. The van der Waals surface area contributed by atoms with Crippen LogP contribution in [0.25, 0.3) is 0 Å². The average Bonchev–Trinajstić information content (AvgIpc) is 1.97. The van der Waals surface area contributed by atoms with E-state index < -0.39 is 6.10 Å². The summed E-state index contributed by atoms with van der Waals surface area (Å²) in [6, 6.07) is 0. The molecule has 0 aromatic heterocycles. The minimum Gasteiger partial charge on any atom is -0.457 e. The van der Waals surface area contributed by atoms with E-state index in [0.29, 0.717) is 5.57 Å². The average molecular weight is 184 g/mol. The van der Waals surface area contributed by atoms with Crippen molar-refractivity contribution in [3.05, 3.63) is 12.2 Å². The molecule has 0 aromatic rings. The van der Waals surface area contributed by atoms with Gasteiger partial charge in [-0.1, -0.05) is 20.4 Å². The van der Waals surface area contributed by atoms with Gasteiger partial charge in [0.2, 0.25) is 0 Å². The predicted molar refractivity (Wildman–Crippen MR) is 50.2 cm³/mol. The lowest BCUT2D eigenvalue weighted by atomic mass is 9.98. The highest BCUT2D eigenvalue weighted by Crippen LogP contribution is 2.15. The molecule has 0 bridgehead atoms. The lowest BCUT2D eigenvalue weighted by Gasteiger charge is -2.21. The molecule has 0 rings (SSSR count). The Labute approximate surface area is 78.8 Å². The fourth-order valence-corrected chi connectivity index (χ4v) is 0.989. The summed E-state index contributed by atoms with van der Waals surface area (Å²) in [4.78, 5) is 21.7. The molecule has 0 radical (unpaired) electrons. The van der Waals surface area contributed by atoms with Crippen molar-refractivity contribution >= 4 is 11.8 Å². The van der Waals surface area contributed by atoms with Crippen molar-refractivity contribution in [2.24, 2.45) is 5.92 Å². The Kier molecular flexibility index (Phi) is 4.38. The number of ether oxygens (including phenoxy) is 1. The zero-order valence-corrected chi connectivity index (χ0v) is 8.59. The Morgan fingerprint density at radius 2 is 1.69 bits per heavy atom. The van der Waals surface area contributed by atoms with Crippen LogP contribution in [0, 0.1) is 5.92 Å². The highest BCUT2D eigenvalue weighted by molar-refractivity contribution is 5.94. The first-order chi connectivity index (χ1) is 5.86. The van der Waals surface area contributed by atoms with Gasteiger partial charge in [0.05, 0.1) is 0 Å². The zero-order valence-electron chi connectivity index (χ0n) is 8.59. The molecule has 0 fully saturated rings. The second-order valence-corrected chi connectivity index (χ2v) is 3.36. The Hall–Kier alpha value is -1.12. The van der Waals surface area contributed by atoms with Crippen LogP contribution in [0.3, 0.4) is 0 Å². The maximum atomic E-state index is 11.0. The van der Waals surface area contributed by atoms with E-state index in [9.17, 15) is 9.59 Å². The van der Waals surface area contributed by atoms with Crippen LogP contribution in [0.4, 0.5) is 0 Å². The molecule has 0 spiro atoms. The van der Waals surface area contributed by atoms with Crippen molar-refractivity contribution in [1.82, 2.24) is 0 Å². The van der Waals surface area contributed by atoms with Gasteiger partial charge in [0.15, 0.2) is 5.78 Å². The van der Waals surface area contributed by atoms with Crippen LogP contribution in [0.2, 0.25) is 0 Å². The van der Waals surface area contributed by atoms with Crippen LogP contribution in [-0.4, -0.2) is 17.9 Å². The molecule has 0 amide bonds. The molecular formula is C10H16O3. The number of esters is 1. The maximum Gasteiger partial charge on any atom is 0.303 e. The van der Waals surface area contributed by atoms with E-state index >= 15 is 0 Å². The van der Waals surface area contributed by atoms with Crippen LogP contribution in [0.5, 0.6) is 0 Å². The van der Waals surface area contributed by atoms with Gasteiger partial charge in [-0.15, -0.1) is 0 Å². The van der Waals surface area contributed by atoms with Gasteiger partial charge < -0.3 is 4.74 Å². The summed E-state index contributed by atoms with van der Waals surface area (Å²) in [6.45, 7) is 10.1. The second kappa shape index (κ2) is 4.80. The number of hydrogen-bond acceptors (Lipinski definition) is 3. The Bertz CT molecular complexity index is 228. The van der Waals surface area contributed by atoms with Crippen molar-refractivity contribution in [3.63, 3.8) is 0 Å². The van der Waals surface area contributed by atoms with Crippen molar-refractivity contribution in [2.45, 2.75) is 33.8 Å². The molecule has 0 heterocycles. The molecule has 0 unspecified atom stereocenters. The highest BCUT2D eigenvalue weighted by atomic mass is 16.5. The molecule has 3 heteroatoms. The summed E-state index contributed by atoms with van der Waals surface area (Å²) in [6.07, 6.45) is -0.491. The van der Waals surface area contributed by atoms with E-state index in [1.54, 1.807) is 0 Å². The quantitative estimate of drug-likeness (QED) is 0.493. The van der Waals surface area contributed by atoms with Crippen LogP contribution in [0.15, 0.2) is 12.2 Å². The Balaban J connectivity index is 4.51. The molecule has 3 nitrogen and oxygen atoms in total. The van der Waals surface area contributed by atoms with E-state index in [2.05, 4.69) is 6.58 Å². The van der Waals surface area contributed by atoms with Crippen LogP contribution >= 0.6 is 0 Å². The molecule has 0 aliphatic rings. The van der Waals surface area contributed by atoms with Gasteiger partial charge >= 0.3 is 5.97 Å². The van der Waals surface area contributed by atoms with E-state index in [1.807, 2.05) is 13.8 Å². The predicted octanol–water partition coefficient (Wildman–Crippen LogP) is 1.72. The van der Waals surface area contributed by atoms with Gasteiger partial charge in [0, 0.05) is 12.5 Å². The third kappa shape index (κ3) is 3.87. The molecule has 0 saturated carbocycles. The van der Waals surface area contributed by atoms with E-state index in [0.717, 1.165) is 0 Å². The van der Waals surface area contributed by atoms with Gasteiger partial charge in [-0.3, -0.25) is 9.59 Å². The van der Waals surface area contributed by atoms with Gasteiger partial charge in [-0.05, 0) is 12.8 Å². The highest BCUT2D eigenvalue weighted by Gasteiger charge is 2.22. The molecule has 1 atom stereocenters. The van der Waals surface area contributed by atoms with Crippen molar-refractivity contribution in [3.8, 4) is 0 Å². The summed E-state index contributed by atoms with van der Waals surface area (Å²) in [5.74, 6) is -0.457. The largest absolute Gasteiger partial charge is 0.457 e. The van der Waals surface area contributed by atoms with Crippen molar-refractivity contribution in [1.29, 1.82) is 0 Å². The fraction of sp³-hybridized carbons (Fsp3) is 0.600. The third-order valence-corrected chi connectivity index (χ3v) is 1.69. The molecule has 13 heavy (non-hydrogen) atoms. The minimum atomic E-state index is -0.491. The number of hydrogen-bond donors (Lipinski definition) is 0. The SMILES string of the molecule is C=C(C(C)=O)[C@H](OC(C)=O)C(C)C. The van der Waals surface area contributed by atoms with E-state index in [-0.39, 0.29) is 17.7 Å². The minimum absolute atomic E-state index is 0.0697. The third-order valence-electron chi connectivity index (χ3n) is 1.69. The smallest absolute Gasteiger partial charge is 0.303 e. The van der Waals surface area contributed by atoms with Gasteiger partial charge in [-0.25, -0.2) is 0 Å². The van der Waals surface area contributed by atoms with E-state index in [4.69, 9.17) is 4.74 Å². The normalized spacial score (nSPS) is 12.4. The van der Waals surface area contributed by atoms with Crippen molar-refractivity contribution < 1.29 is 14.3 Å². The zero-order chi connectivity index (χ0) is 10.6. The lowest BCUT2D eigenvalue weighted by molar-refractivity contribution is -0.146. The maximum absolute atomic E-state index is 11.0. The molecule has 0 aromatic carbocycles. The molecule has 0 N–H and O–H groups in total. The van der Waals surface area contributed by atoms with Crippen molar-refractivity contribution in [2.75, 3.05) is 0 Å². The topological polar surface area (TPSA) is 43.4 Å². The second-order valence-electron chi connectivity index (χ2n) is 3.36.